The number of fused-ring (bicyclic) bond motifs is 1. The smallest absolute Gasteiger partial charge is 0.227 e. The summed E-state index contributed by atoms with van der Waals surface area (Å²) in [5, 5.41) is 4.21. The number of aryl methyl sites for hydroxylation is 2. The van der Waals surface area contributed by atoms with E-state index in [1.165, 1.54) is 15.8 Å². The molecule has 1 fully saturated rings. The van der Waals surface area contributed by atoms with Gasteiger partial charge in [-0.2, -0.15) is 0 Å². The standard InChI is InChI=1S/C22H25N3OS/c1-14-7-8-19-20(13-14)27-22(24-19)25-11-9-17(10-12-25)21(26)23-18-6-4-5-15(2)16(18)3/h4-8,13,17H,9-12H2,1-3H3,(H,23,26). The van der Waals surface area contributed by atoms with Gasteiger partial charge in [0.1, 0.15) is 0 Å². The molecule has 5 heteroatoms. The maximum Gasteiger partial charge on any atom is 0.227 e. The zero-order valence-electron chi connectivity index (χ0n) is 16.1. The van der Waals surface area contributed by atoms with Crippen LogP contribution in [0, 0.1) is 26.7 Å². The number of hydrogen-bond donors (Lipinski definition) is 1. The van der Waals surface area contributed by atoms with E-state index in [-0.39, 0.29) is 11.8 Å². The zero-order valence-corrected chi connectivity index (χ0v) is 16.9. The van der Waals surface area contributed by atoms with E-state index >= 15 is 0 Å². The van der Waals surface area contributed by atoms with E-state index in [1.54, 1.807) is 11.3 Å². The Bertz CT molecular complexity index is 986. The first-order chi connectivity index (χ1) is 13.0. The van der Waals surface area contributed by atoms with Gasteiger partial charge >= 0.3 is 0 Å². The minimum absolute atomic E-state index is 0.0674. The van der Waals surface area contributed by atoms with E-state index < -0.39 is 0 Å². The van der Waals surface area contributed by atoms with Crippen molar-refractivity contribution in [3.8, 4) is 0 Å². The number of anilines is 2. The Morgan fingerprint density at radius 3 is 2.70 bits per heavy atom. The predicted molar refractivity (Wildman–Crippen MR) is 114 cm³/mol. The summed E-state index contributed by atoms with van der Waals surface area (Å²) in [6.45, 7) is 8.00. The topological polar surface area (TPSA) is 45.2 Å². The Morgan fingerprint density at radius 2 is 1.93 bits per heavy atom. The monoisotopic (exact) mass is 379 g/mol. The molecule has 140 valence electrons. The number of amides is 1. The van der Waals surface area contributed by atoms with E-state index in [2.05, 4.69) is 55.3 Å². The Labute approximate surface area is 164 Å². The van der Waals surface area contributed by atoms with E-state index in [4.69, 9.17) is 4.98 Å². The van der Waals surface area contributed by atoms with Crippen molar-refractivity contribution in [2.24, 2.45) is 5.92 Å². The molecule has 0 spiro atoms. The van der Waals surface area contributed by atoms with Crippen LogP contribution in [0.3, 0.4) is 0 Å². The summed E-state index contributed by atoms with van der Waals surface area (Å²) in [4.78, 5) is 19.8. The average molecular weight is 380 g/mol. The molecule has 1 aliphatic rings. The molecular weight excluding hydrogens is 354 g/mol. The summed E-state index contributed by atoms with van der Waals surface area (Å²) in [5.74, 6) is 0.209. The van der Waals surface area contributed by atoms with Crippen molar-refractivity contribution in [3.63, 3.8) is 0 Å². The molecular formula is C22H25N3OS. The maximum atomic E-state index is 12.7. The van der Waals surface area contributed by atoms with Gasteiger partial charge in [0.2, 0.25) is 5.91 Å². The molecule has 0 aliphatic carbocycles. The number of thiazole rings is 1. The molecule has 2 heterocycles. The van der Waals surface area contributed by atoms with Gasteiger partial charge in [-0.1, -0.05) is 29.5 Å². The number of benzene rings is 2. The van der Waals surface area contributed by atoms with Crippen LogP contribution in [0.1, 0.15) is 29.5 Å². The van der Waals surface area contributed by atoms with Crippen molar-refractivity contribution < 1.29 is 4.79 Å². The predicted octanol–water partition coefficient (Wildman–Crippen LogP) is 5.08. The second-order valence-corrected chi connectivity index (χ2v) is 8.47. The molecule has 1 aliphatic heterocycles. The Morgan fingerprint density at radius 1 is 1.15 bits per heavy atom. The second kappa shape index (κ2) is 7.31. The van der Waals surface area contributed by atoms with Crippen LogP contribution >= 0.6 is 11.3 Å². The third-order valence-corrected chi connectivity index (χ3v) is 6.61. The Hall–Kier alpha value is -2.40. The summed E-state index contributed by atoms with van der Waals surface area (Å²) >= 11 is 1.75. The molecule has 1 saturated heterocycles. The van der Waals surface area contributed by atoms with Crippen LogP contribution in [0.4, 0.5) is 10.8 Å². The highest BCUT2D eigenvalue weighted by Crippen LogP contribution is 2.32. The van der Waals surface area contributed by atoms with E-state index in [0.717, 1.165) is 47.8 Å². The normalized spacial score (nSPS) is 15.3. The molecule has 0 atom stereocenters. The number of rotatable bonds is 3. The fourth-order valence-corrected chi connectivity index (χ4v) is 4.72. The van der Waals surface area contributed by atoms with Gasteiger partial charge in [-0.25, -0.2) is 4.98 Å². The molecule has 0 radical (unpaired) electrons. The van der Waals surface area contributed by atoms with Crippen molar-refractivity contribution in [2.75, 3.05) is 23.3 Å². The third-order valence-electron chi connectivity index (χ3n) is 5.53. The Kier molecular flexibility index (Phi) is 4.87. The lowest BCUT2D eigenvalue weighted by Gasteiger charge is -2.31. The number of nitrogens with zero attached hydrogens (tertiary/aromatic N) is 2. The number of carbonyl (C=O) groups is 1. The largest absolute Gasteiger partial charge is 0.348 e. The van der Waals surface area contributed by atoms with Gasteiger partial charge < -0.3 is 10.2 Å². The van der Waals surface area contributed by atoms with Crippen molar-refractivity contribution in [1.29, 1.82) is 0 Å². The number of hydrogen-bond acceptors (Lipinski definition) is 4. The Balaban J connectivity index is 1.40. The van der Waals surface area contributed by atoms with Gasteiger partial charge in [0.25, 0.3) is 0 Å². The summed E-state index contributed by atoms with van der Waals surface area (Å²) in [5.41, 5.74) is 5.61. The lowest BCUT2D eigenvalue weighted by Crippen LogP contribution is -2.38. The zero-order chi connectivity index (χ0) is 19.0. The molecule has 4 nitrogen and oxygen atoms in total. The molecule has 0 bridgehead atoms. The van der Waals surface area contributed by atoms with Crippen molar-refractivity contribution in [3.05, 3.63) is 53.1 Å². The fraction of sp³-hybridized carbons (Fsp3) is 0.364. The average Bonchev–Trinajstić information content (AvgIpc) is 3.08. The first kappa shape index (κ1) is 18.0. The van der Waals surface area contributed by atoms with Crippen LogP contribution in [0.15, 0.2) is 36.4 Å². The molecule has 1 amide bonds. The minimum atomic E-state index is 0.0674. The summed E-state index contributed by atoms with van der Waals surface area (Å²) < 4.78 is 1.24. The van der Waals surface area contributed by atoms with E-state index in [1.807, 2.05) is 12.1 Å². The van der Waals surface area contributed by atoms with Crippen molar-refractivity contribution in [2.45, 2.75) is 33.6 Å². The van der Waals surface area contributed by atoms with Crippen LogP contribution in [0.2, 0.25) is 0 Å². The van der Waals surface area contributed by atoms with Gasteiger partial charge in [-0.05, 0) is 68.5 Å². The minimum Gasteiger partial charge on any atom is -0.348 e. The lowest BCUT2D eigenvalue weighted by atomic mass is 9.96. The van der Waals surface area contributed by atoms with Crippen LogP contribution in [0.5, 0.6) is 0 Å². The van der Waals surface area contributed by atoms with Crippen LogP contribution < -0.4 is 10.2 Å². The molecule has 1 N–H and O–H groups in total. The molecule has 4 rings (SSSR count). The first-order valence-corrected chi connectivity index (χ1v) is 10.3. The van der Waals surface area contributed by atoms with Crippen molar-refractivity contribution in [1.82, 2.24) is 4.98 Å². The van der Waals surface area contributed by atoms with Crippen LogP contribution in [-0.2, 0) is 4.79 Å². The lowest BCUT2D eigenvalue weighted by molar-refractivity contribution is -0.120. The number of aromatic nitrogens is 1. The van der Waals surface area contributed by atoms with Gasteiger partial charge in [-0.15, -0.1) is 0 Å². The highest BCUT2D eigenvalue weighted by molar-refractivity contribution is 7.22. The maximum absolute atomic E-state index is 12.7. The number of carbonyl (C=O) groups excluding carboxylic acids is 1. The first-order valence-electron chi connectivity index (χ1n) is 9.50. The van der Waals surface area contributed by atoms with E-state index in [9.17, 15) is 4.79 Å². The molecule has 0 saturated carbocycles. The van der Waals surface area contributed by atoms with Crippen LogP contribution in [0.25, 0.3) is 10.2 Å². The van der Waals surface area contributed by atoms with Gasteiger partial charge in [0.05, 0.1) is 10.2 Å². The molecule has 0 unspecified atom stereocenters. The number of piperidine rings is 1. The quantitative estimate of drug-likeness (QED) is 0.690. The third kappa shape index (κ3) is 3.69. The SMILES string of the molecule is Cc1ccc2nc(N3CCC(C(=O)Nc4cccc(C)c4C)CC3)sc2c1. The summed E-state index contributed by atoms with van der Waals surface area (Å²) in [7, 11) is 0. The van der Waals surface area contributed by atoms with Gasteiger partial charge in [-0.3, -0.25) is 4.79 Å². The van der Waals surface area contributed by atoms with Crippen LogP contribution in [-0.4, -0.2) is 24.0 Å². The molecule has 3 aromatic rings. The molecule has 2 aromatic carbocycles. The van der Waals surface area contributed by atoms with Gasteiger partial charge in [0.15, 0.2) is 5.13 Å². The molecule has 1 aromatic heterocycles. The number of nitrogens with one attached hydrogen (secondary N) is 1. The van der Waals surface area contributed by atoms with Crippen molar-refractivity contribution >= 4 is 38.3 Å². The molecule has 27 heavy (non-hydrogen) atoms. The highest BCUT2D eigenvalue weighted by Gasteiger charge is 2.26. The second-order valence-electron chi connectivity index (χ2n) is 7.47. The van der Waals surface area contributed by atoms with E-state index in [0.29, 0.717) is 0 Å². The summed E-state index contributed by atoms with van der Waals surface area (Å²) in [6.07, 6.45) is 1.73. The summed E-state index contributed by atoms with van der Waals surface area (Å²) in [6, 6.07) is 12.4. The van der Waals surface area contributed by atoms with Gasteiger partial charge in [0, 0.05) is 24.7 Å². The fourth-order valence-electron chi connectivity index (χ4n) is 3.61. The highest BCUT2D eigenvalue weighted by atomic mass is 32.1.